The molecule has 172 valence electrons. The van der Waals surface area contributed by atoms with Crippen molar-refractivity contribution < 1.29 is 39.1 Å². The minimum Gasteiger partial charge on any atom is -0.479 e. The summed E-state index contributed by atoms with van der Waals surface area (Å²) in [5, 5.41) is 15.8. The Balaban J connectivity index is -0.000000799. The summed E-state index contributed by atoms with van der Waals surface area (Å²) in [5.74, 6) is -1.19. The Hall–Kier alpha value is -0.507. The summed E-state index contributed by atoms with van der Waals surface area (Å²) in [6.07, 6.45) is 23.2. The van der Waals surface area contributed by atoms with Gasteiger partial charge in [-0.05, 0) is 13.3 Å². The first-order chi connectivity index (χ1) is 13.6. The fourth-order valence-electron chi connectivity index (χ4n) is 3.07. The second kappa shape index (κ2) is 26.5. The largest absolute Gasteiger partial charge is 0.479 e. The van der Waals surface area contributed by atoms with Crippen molar-refractivity contribution in [2.24, 2.45) is 0 Å². The molecule has 6 heteroatoms. The van der Waals surface area contributed by atoms with Gasteiger partial charge in [0.15, 0.2) is 12.4 Å². The summed E-state index contributed by atoms with van der Waals surface area (Å²) >= 11 is 0. The van der Waals surface area contributed by atoms with E-state index in [-0.39, 0.29) is 31.9 Å². The molecule has 30 heavy (non-hydrogen) atoms. The van der Waals surface area contributed by atoms with Crippen LogP contribution in [0.1, 0.15) is 104 Å². The number of halogens is 1. The molecule has 0 aliphatic rings. The normalized spacial score (nSPS) is 10.8. The van der Waals surface area contributed by atoms with Gasteiger partial charge >= 0.3 is 5.97 Å². The molecular formula is C24H45ClNO3Zn+. The number of aromatic nitrogens is 1. The standard InChI is InChI=1S/C21H38N.C3H6O3.ClH.Zn/c1-2-3-4-5-6-7-8-9-10-11-12-13-14-16-19-22-20-17-15-18-21-22;1-2(4)3(5)6;;/h15,17-18,20-21H,2-14,16,19H2,1H3;2,4H,1H3,(H,5,6);1H;/q+1;;;. The van der Waals surface area contributed by atoms with E-state index in [0.717, 1.165) is 0 Å². The van der Waals surface area contributed by atoms with Crippen molar-refractivity contribution in [2.45, 2.75) is 116 Å². The van der Waals surface area contributed by atoms with Crippen LogP contribution < -0.4 is 4.57 Å². The van der Waals surface area contributed by atoms with Gasteiger partial charge in [-0.3, -0.25) is 0 Å². The number of carbonyl (C=O) groups is 1. The third kappa shape index (κ3) is 25.5. The number of rotatable bonds is 16. The van der Waals surface area contributed by atoms with Crippen LogP contribution in [0.15, 0.2) is 30.6 Å². The Kier molecular flexibility index (Phi) is 30.2. The number of hydrogen-bond donors (Lipinski definition) is 2. The van der Waals surface area contributed by atoms with Crippen LogP contribution in [-0.4, -0.2) is 22.3 Å². The van der Waals surface area contributed by atoms with Crippen LogP contribution in [0.5, 0.6) is 0 Å². The number of carboxylic acids is 1. The number of pyridine rings is 1. The first kappa shape index (κ1) is 34.1. The Morgan fingerprint density at radius 1 is 0.767 bits per heavy atom. The number of aliphatic hydroxyl groups excluding tert-OH is 1. The average Bonchev–Trinajstić information content (AvgIpc) is 2.69. The summed E-state index contributed by atoms with van der Waals surface area (Å²) in [6, 6.07) is 6.31. The molecule has 1 heterocycles. The molecule has 0 aliphatic carbocycles. The predicted molar refractivity (Wildman–Crippen MR) is 124 cm³/mol. The molecule has 0 saturated heterocycles. The molecule has 1 rings (SSSR count). The van der Waals surface area contributed by atoms with Gasteiger partial charge in [-0.15, -0.1) is 12.4 Å². The van der Waals surface area contributed by atoms with Crippen molar-refractivity contribution >= 4 is 18.4 Å². The van der Waals surface area contributed by atoms with Gasteiger partial charge in [-0.1, -0.05) is 90.0 Å². The fourth-order valence-corrected chi connectivity index (χ4v) is 3.07. The van der Waals surface area contributed by atoms with Gasteiger partial charge in [0, 0.05) is 38.0 Å². The smallest absolute Gasteiger partial charge is 0.332 e. The van der Waals surface area contributed by atoms with Crippen molar-refractivity contribution in [3.05, 3.63) is 30.6 Å². The molecule has 0 bridgehead atoms. The molecule has 0 spiro atoms. The Morgan fingerprint density at radius 3 is 1.43 bits per heavy atom. The predicted octanol–water partition coefficient (Wildman–Crippen LogP) is 6.33. The van der Waals surface area contributed by atoms with Crippen molar-refractivity contribution in [3.63, 3.8) is 0 Å². The minimum atomic E-state index is -1.23. The quantitative estimate of drug-likeness (QED) is 0.160. The average molecular weight is 496 g/mol. The van der Waals surface area contributed by atoms with Crippen LogP contribution in [-0.2, 0) is 30.8 Å². The molecule has 0 aromatic carbocycles. The molecule has 4 nitrogen and oxygen atoms in total. The van der Waals surface area contributed by atoms with Gasteiger partial charge in [0.05, 0.1) is 0 Å². The van der Waals surface area contributed by atoms with Crippen LogP contribution in [0, 0.1) is 0 Å². The molecule has 0 amide bonds. The zero-order valence-electron chi connectivity index (χ0n) is 19.4. The number of carboxylic acid groups (broad SMARTS) is 1. The first-order valence-corrected chi connectivity index (χ1v) is 11.4. The molecule has 1 aromatic heterocycles. The second-order valence-corrected chi connectivity index (χ2v) is 7.72. The number of hydrogen-bond acceptors (Lipinski definition) is 2. The van der Waals surface area contributed by atoms with Gasteiger partial charge in [-0.2, -0.15) is 0 Å². The minimum absolute atomic E-state index is 0. The first-order valence-electron chi connectivity index (χ1n) is 11.4. The molecular weight excluding hydrogens is 451 g/mol. The van der Waals surface area contributed by atoms with E-state index in [1.165, 1.54) is 103 Å². The summed E-state index contributed by atoms with van der Waals surface area (Å²) in [7, 11) is 0. The number of aliphatic carboxylic acids is 1. The molecule has 0 saturated carbocycles. The topological polar surface area (TPSA) is 61.4 Å². The van der Waals surface area contributed by atoms with E-state index in [2.05, 4.69) is 42.1 Å². The SMILES string of the molecule is CC(O)C(=O)O.CCCCCCCCCCCCCCCC[n+]1ccccc1.Cl.[Zn]. The number of aliphatic hydroxyl groups is 1. The maximum Gasteiger partial charge on any atom is 0.332 e. The maximum atomic E-state index is 9.45. The van der Waals surface area contributed by atoms with Gasteiger partial charge in [-0.25, -0.2) is 9.36 Å². The number of aryl methyl sites for hydroxylation is 1. The summed E-state index contributed by atoms with van der Waals surface area (Å²) in [6.45, 7) is 4.67. The summed E-state index contributed by atoms with van der Waals surface area (Å²) < 4.78 is 2.29. The van der Waals surface area contributed by atoms with Crippen LogP contribution in [0.2, 0.25) is 0 Å². The molecule has 1 aromatic rings. The molecule has 2 N–H and O–H groups in total. The number of unbranched alkanes of at least 4 members (excludes halogenated alkanes) is 13. The molecule has 0 fully saturated rings. The van der Waals surface area contributed by atoms with E-state index >= 15 is 0 Å². The van der Waals surface area contributed by atoms with Gasteiger partial charge in [0.2, 0.25) is 0 Å². The Labute approximate surface area is 204 Å². The third-order valence-electron chi connectivity index (χ3n) is 4.90. The van der Waals surface area contributed by atoms with E-state index < -0.39 is 12.1 Å². The molecule has 1 atom stereocenters. The van der Waals surface area contributed by atoms with Crippen molar-refractivity contribution in [1.82, 2.24) is 0 Å². The van der Waals surface area contributed by atoms with E-state index in [1.54, 1.807) is 0 Å². The van der Waals surface area contributed by atoms with Crippen LogP contribution in [0.4, 0.5) is 0 Å². The molecule has 0 radical (unpaired) electrons. The van der Waals surface area contributed by atoms with Crippen LogP contribution in [0.25, 0.3) is 0 Å². The zero-order chi connectivity index (χ0) is 20.9. The molecule has 1 unspecified atom stereocenters. The summed E-state index contributed by atoms with van der Waals surface area (Å²) in [4.78, 5) is 9.45. The Morgan fingerprint density at radius 2 is 1.10 bits per heavy atom. The molecule has 0 aliphatic heterocycles. The van der Waals surface area contributed by atoms with Crippen molar-refractivity contribution in [2.75, 3.05) is 0 Å². The van der Waals surface area contributed by atoms with Crippen molar-refractivity contribution in [3.8, 4) is 0 Å². The monoisotopic (exact) mass is 494 g/mol. The zero-order valence-corrected chi connectivity index (χ0v) is 23.2. The number of nitrogens with zero attached hydrogens (tertiary/aromatic N) is 1. The van der Waals surface area contributed by atoms with Gasteiger partial charge in [0.1, 0.15) is 12.6 Å². The van der Waals surface area contributed by atoms with Gasteiger partial charge < -0.3 is 10.2 Å². The second-order valence-electron chi connectivity index (χ2n) is 7.72. The fraction of sp³-hybridized carbons (Fsp3) is 0.750. The van der Waals surface area contributed by atoms with Gasteiger partial charge in [0.25, 0.3) is 0 Å². The summed E-state index contributed by atoms with van der Waals surface area (Å²) in [5.41, 5.74) is 0. The van der Waals surface area contributed by atoms with Crippen LogP contribution >= 0.6 is 12.4 Å². The van der Waals surface area contributed by atoms with E-state index in [4.69, 9.17) is 10.2 Å². The van der Waals surface area contributed by atoms with E-state index in [9.17, 15) is 4.79 Å². The maximum absolute atomic E-state index is 9.45. The van der Waals surface area contributed by atoms with Crippen LogP contribution in [0.3, 0.4) is 0 Å². The third-order valence-corrected chi connectivity index (χ3v) is 4.90. The van der Waals surface area contributed by atoms with E-state index in [1.807, 2.05) is 0 Å². The van der Waals surface area contributed by atoms with E-state index in [0.29, 0.717) is 0 Å². The Bertz CT molecular complexity index is 461. The van der Waals surface area contributed by atoms with Crippen molar-refractivity contribution in [1.29, 1.82) is 0 Å².